The van der Waals surface area contributed by atoms with Crippen LogP contribution >= 0.6 is 0 Å². The molecule has 1 amide bonds. The fourth-order valence-electron chi connectivity index (χ4n) is 2.25. The van der Waals surface area contributed by atoms with Crippen molar-refractivity contribution in [2.75, 3.05) is 10.0 Å². The van der Waals surface area contributed by atoms with E-state index in [4.69, 9.17) is 4.74 Å². The van der Waals surface area contributed by atoms with Gasteiger partial charge in [0.2, 0.25) is 0 Å². The molecule has 23 heavy (non-hydrogen) atoms. The minimum atomic E-state index is -3.81. The van der Waals surface area contributed by atoms with Crippen LogP contribution in [-0.2, 0) is 14.8 Å². The summed E-state index contributed by atoms with van der Waals surface area (Å²) in [7, 11) is -3.81. The Labute approximate surface area is 133 Å². The summed E-state index contributed by atoms with van der Waals surface area (Å²) in [6, 6.07) is 4.32. The van der Waals surface area contributed by atoms with Gasteiger partial charge in [0.1, 0.15) is 5.75 Å². The molecule has 1 unspecified atom stereocenters. The van der Waals surface area contributed by atoms with Crippen LogP contribution in [0.25, 0.3) is 0 Å². The van der Waals surface area contributed by atoms with E-state index in [9.17, 15) is 13.2 Å². The van der Waals surface area contributed by atoms with Gasteiger partial charge in [-0.3, -0.25) is 14.6 Å². The number of fused-ring (bicyclic) bond motifs is 1. The number of carbonyl (C=O) groups is 1. The molecule has 0 aliphatic carbocycles. The quantitative estimate of drug-likeness (QED) is 0.787. The molecule has 1 aromatic carbocycles. The van der Waals surface area contributed by atoms with Crippen molar-refractivity contribution in [3.05, 3.63) is 29.6 Å². The van der Waals surface area contributed by atoms with Crippen LogP contribution in [0.15, 0.2) is 23.1 Å². The maximum Gasteiger partial charge on any atom is 0.265 e. The zero-order chi connectivity index (χ0) is 16.8. The van der Waals surface area contributed by atoms with E-state index in [1.807, 2.05) is 0 Å². The van der Waals surface area contributed by atoms with Crippen LogP contribution in [-0.4, -0.2) is 30.6 Å². The monoisotopic (exact) mass is 336 g/mol. The third kappa shape index (κ3) is 2.74. The molecule has 0 saturated heterocycles. The lowest BCUT2D eigenvalue weighted by atomic mass is 10.2. The molecule has 0 saturated carbocycles. The second-order valence-electron chi connectivity index (χ2n) is 5.32. The Balaban J connectivity index is 1.95. The third-order valence-electron chi connectivity index (χ3n) is 3.56. The average Bonchev–Trinajstić information content (AvgIpc) is 2.79. The number of ether oxygens (including phenoxy) is 1. The number of aromatic amines is 1. The molecular formula is C14H16N4O4S. The van der Waals surface area contributed by atoms with E-state index in [0.29, 0.717) is 28.5 Å². The van der Waals surface area contributed by atoms with Crippen LogP contribution in [0.5, 0.6) is 5.75 Å². The number of nitrogens with one attached hydrogen (secondary N) is 3. The summed E-state index contributed by atoms with van der Waals surface area (Å²) < 4.78 is 33.0. The Kier molecular flexibility index (Phi) is 3.52. The van der Waals surface area contributed by atoms with Gasteiger partial charge in [-0.05, 0) is 39.0 Å². The van der Waals surface area contributed by atoms with Gasteiger partial charge in [-0.15, -0.1) is 0 Å². The lowest BCUT2D eigenvalue weighted by molar-refractivity contribution is -0.122. The van der Waals surface area contributed by atoms with Gasteiger partial charge in [0.15, 0.2) is 6.10 Å². The first-order chi connectivity index (χ1) is 10.8. The van der Waals surface area contributed by atoms with Crippen molar-refractivity contribution in [3.8, 4) is 5.75 Å². The number of nitrogens with zero attached hydrogens (tertiary/aromatic N) is 1. The van der Waals surface area contributed by atoms with Crippen molar-refractivity contribution >= 4 is 27.3 Å². The van der Waals surface area contributed by atoms with Crippen molar-refractivity contribution in [1.82, 2.24) is 10.2 Å². The minimum Gasteiger partial charge on any atom is -0.479 e. The highest BCUT2D eigenvalue weighted by Crippen LogP contribution is 2.32. The molecule has 122 valence electrons. The summed E-state index contributed by atoms with van der Waals surface area (Å²) in [5, 5.41) is 9.30. The van der Waals surface area contributed by atoms with Gasteiger partial charge < -0.3 is 10.1 Å². The van der Waals surface area contributed by atoms with Crippen molar-refractivity contribution < 1.29 is 17.9 Å². The maximum atomic E-state index is 12.5. The highest BCUT2D eigenvalue weighted by atomic mass is 32.2. The zero-order valence-corrected chi connectivity index (χ0v) is 13.6. The first-order valence-electron chi connectivity index (χ1n) is 6.94. The first-order valence-corrected chi connectivity index (χ1v) is 8.42. The van der Waals surface area contributed by atoms with Crippen molar-refractivity contribution in [1.29, 1.82) is 0 Å². The summed E-state index contributed by atoms with van der Waals surface area (Å²) in [6.45, 7) is 5.04. The lowest BCUT2D eigenvalue weighted by Gasteiger charge is -2.23. The van der Waals surface area contributed by atoms with Crippen LogP contribution < -0.4 is 14.8 Å². The van der Waals surface area contributed by atoms with Crippen LogP contribution in [0, 0.1) is 13.8 Å². The number of anilines is 2. The molecule has 3 rings (SSSR count). The first kappa shape index (κ1) is 15.3. The molecule has 1 aromatic heterocycles. The van der Waals surface area contributed by atoms with Crippen molar-refractivity contribution in [2.45, 2.75) is 31.8 Å². The van der Waals surface area contributed by atoms with E-state index in [0.717, 1.165) is 0 Å². The van der Waals surface area contributed by atoms with Gasteiger partial charge in [0, 0.05) is 0 Å². The molecule has 0 spiro atoms. The number of carbonyl (C=O) groups excluding carboxylic acids is 1. The van der Waals surface area contributed by atoms with E-state index in [2.05, 4.69) is 20.2 Å². The number of hydrogen-bond donors (Lipinski definition) is 3. The van der Waals surface area contributed by atoms with Gasteiger partial charge in [0.05, 0.1) is 27.7 Å². The van der Waals surface area contributed by atoms with Crippen LogP contribution in [0.4, 0.5) is 11.4 Å². The Morgan fingerprint density at radius 1 is 1.30 bits per heavy atom. The number of hydrogen-bond acceptors (Lipinski definition) is 5. The predicted octanol–water partition coefficient (Wildman–Crippen LogP) is 1.55. The van der Waals surface area contributed by atoms with Gasteiger partial charge >= 0.3 is 0 Å². The molecule has 9 heteroatoms. The Hall–Kier alpha value is -2.55. The van der Waals surface area contributed by atoms with E-state index in [-0.39, 0.29) is 10.8 Å². The molecular weight excluding hydrogens is 320 g/mol. The standard InChI is InChI=1S/C14H16N4O4S/c1-7-13(8(2)17-16-7)18-23(20,21)10-4-5-12-11(6-10)15-14(19)9(3)22-12/h4-6,9,18H,1-3H3,(H,15,19)(H,16,17). The minimum absolute atomic E-state index is 0.0229. The number of benzene rings is 1. The highest BCUT2D eigenvalue weighted by molar-refractivity contribution is 7.92. The summed E-state index contributed by atoms with van der Waals surface area (Å²) in [5.74, 6) is 0.119. The van der Waals surface area contributed by atoms with Crippen LogP contribution in [0.1, 0.15) is 18.3 Å². The molecule has 0 fully saturated rings. The second-order valence-corrected chi connectivity index (χ2v) is 7.00. The molecule has 2 heterocycles. The number of amides is 1. The van der Waals surface area contributed by atoms with E-state index in [1.165, 1.54) is 18.2 Å². The smallest absolute Gasteiger partial charge is 0.265 e. The predicted molar refractivity (Wildman–Crippen MR) is 84.0 cm³/mol. The molecule has 0 radical (unpaired) electrons. The summed E-state index contributed by atoms with van der Waals surface area (Å²) >= 11 is 0. The SMILES string of the molecule is Cc1n[nH]c(C)c1NS(=O)(=O)c1ccc2c(c1)NC(=O)C(C)O2. The fourth-order valence-corrected chi connectivity index (χ4v) is 3.46. The number of aryl methyl sites for hydroxylation is 2. The molecule has 1 atom stereocenters. The molecule has 1 aliphatic rings. The molecule has 1 aliphatic heterocycles. The summed E-state index contributed by atoms with van der Waals surface area (Å²) in [4.78, 5) is 11.7. The Bertz CT molecular complexity index is 869. The zero-order valence-electron chi connectivity index (χ0n) is 12.8. The van der Waals surface area contributed by atoms with Gasteiger partial charge in [-0.2, -0.15) is 5.10 Å². The van der Waals surface area contributed by atoms with E-state index in [1.54, 1.807) is 20.8 Å². The molecule has 2 aromatic rings. The number of aromatic nitrogens is 2. The number of H-pyrrole nitrogens is 1. The normalized spacial score (nSPS) is 17.2. The molecule has 8 nitrogen and oxygen atoms in total. The summed E-state index contributed by atoms with van der Waals surface area (Å²) in [5.41, 5.74) is 1.91. The average molecular weight is 336 g/mol. The van der Waals surface area contributed by atoms with Gasteiger partial charge in [0.25, 0.3) is 15.9 Å². The second kappa shape index (κ2) is 5.27. The Morgan fingerprint density at radius 2 is 2.04 bits per heavy atom. The van der Waals surface area contributed by atoms with Crippen molar-refractivity contribution in [2.24, 2.45) is 0 Å². The van der Waals surface area contributed by atoms with Crippen molar-refractivity contribution in [3.63, 3.8) is 0 Å². The van der Waals surface area contributed by atoms with Crippen LogP contribution in [0.2, 0.25) is 0 Å². The largest absolute Gasteiger partial charge is 0.479 e. The maximum absolute atomic E-state index is 12.5. The van der Waals surface area contributed by atoms with E-state index < -0.39 is 16.1 Å². The Morgan fingerprint density at radius 3 is 2.70 bits per heavy atom. The third-order valence-corrected chi connectivity index (χ3v) is 4.90. The molecule has 3 N–H and O–H groups in total. The number of sulfonamides is 1. The van der Waals surface area contributed by atoms with Crippen LogP contribution in [0.3, 0.4) is 0 Å². The topological polar surface area (TPSA) is 113 Å². The number of rotatable bonds is 3. The lowest BCUT2D eigenvalue weighted by Crippen LogP contribution is -2.34. The summed E-state index contributed by atoms with van der Waals surface area (Å²) in [6.07, 6.45) is -0.612. The molecule has 0 bridgehead atoms. The van der Waals surface area contributed by atoms with Gasteiger partial charge in [-0.1, -0.05) is 0 Å². The van der Waals surface area contributed by atoms with E-state index >= 15 is 0 Å². The van der Waals surface area contributed by atoms with Gasteiger partial charge in [-0.25, -0.2) is 8.42 Å². The highest BCUT2D eigenvalue weighted by Gasteiger charge is 2.26. The fraction of sp³-hybridized carbons (Fsp3) is 0.286.